The second kappa shape index (κ2) is 5.30. The van der Waals surface area contributed by atoms with Crippen molar-refractivity contribution in [2.24, 2.45) is 0 Å². The number of hydrogen-bond donors (Lipinski definition) is 1. The van der Waals surface area contributed by atoms with E-state index in [1.54, 1.807) is 44.3 Å². The van der Waals surface area contributed by atoms with Gasteiger partial charge in [-0.2, -0.15) is 0 Å². The Balaban J connectivity index is 1.95. The van der Waals surface area contributed by atoms with Crippen LogP contribution < -0.4 is 4.72 Å². The fourth-order valence-electron chi connectivity index (χ4n) is 2.16. The summed E-state index contributed by atoms with van der Waals surface area (Å²) in [4.78, 5) is 3.89. The Morgan fingerprint density at radius 2 is 2.05 bits per heavy atom. The number of aromatic nitrogens is 2. The van der Waals surface area contributed by atoms with Crippen molar-refractivity contribution in [3.05, 3.63) is 48.3 Å². The summed E-state index contributed by atoms with van der Waals surface area (Å²) < 4.78 is 37.5. The summed E-state index contributed by atoms with van der Waals surface area (Å²) in [6, 6.07) is 6.84. The molecule has 3 aromatic rings. The molecule has 2 heterocycles. The van der Waals surface area contributed by atoms with Crippen LogP contribution in [-0.4, -0.2) is 18.6 Å². The first-order valence-corrected chi connectivity index (χ1v) is 7.90. The van der Waals surface area contributed by atoms with Gasteiger partial charge in [-0.05, 0) is 26.0 Å². The topological polar surface area (TPSA) is 98.2 Å². The van der Waals surface area contributed by atoms with E-state index < -0.39 is 10.0 Å². The van der Waals surface area contributed by atoms with Gasteiger partial charge in [0, 0.05) is 11.3 Å². The highest BCUT2D eigenvalue weighted by Crippen LogP contribution is 2.26. The normalized spacial score (nSPS) is 11.5. The van der Waals surface area contributed by atoms with Gasteiger partial charge >= 0.3 is 0 Å². The minimum Gasteiger partial charge on any atom is -0.444 e. The largest absolute Gasteiger partial charge is 0.444 e. The Kier molecular flexibility index (Phi) is 3.45. The van der Waals surface area contributed by atoms with E-state index in [1.165, 1.54) is 6.39 Å². The lowest BCUT2D eigenvalue weighted by Gasteiger charge is -2.08. The molecule has 0 fully saturated rings. The molecule has 8 heteroatoms. The molecular weight excluding hydrogens is 306 g/mol. The lowest BCUT2D eigenvalue weighted by molar-refractivity contribution is 0.390. The van der Waals surface area contributed by atoms with Crippen LogP contribution in [-0.2, 0) is 10.0 Å². The number of sulfonamides is 1. The van der Waals surface area contributed by atoms with Gasteiger partial charge in [0.25, 0.3) is 10.0 Å². The van der Waals surface area contributed by atoms with Crippen LogP contribution in [0.25, 0.3) is 11.3 Å². The van der Waals surface area contributed by atoms with Crippen LogP contribution in [0.3, 0.4) is 0 Å². The summed E-state index contributed by atoms with van der Waals surface area (Å²) in [6.45, 7) is 3.13. The van der Waals surface area contributed by atoms with E-state index in [0.717, 1.165) is 5.56 Å². The third kappa shape index (κ3) is 2.60. The Labute approximate surface area is 127 Å². The van der Waals surface area contributed by atoms with E-state index in [4.69, 9.17) is 8.94 Å². The molecule has 2 aromatic heterocycles. The van der Waals surface area contributed by atoms with E-state index in [9.17, 15) is 8.42 Å². The standard InChI is InChI=1S/C14H13N3O4S/c1-9-14(10(2)21-16-9)22(18,19)17-12-5-3-4-11(6-12)13-7-15-8-20-13/h3-8,17H,1-2H3. The molecule has 0 spiro atoms. The Hall–Kier alpha value is -2.61. The minimum absolute atomic E-state index is 0.0533. The second-order valence-electron chi connectivity index (χ2n) is 4.71. The summed E-state index contributed by atoms with van der Waals surface area (Å²) in [5, 5.41) is 3.66. The number of benzene rings is 1. The SMILES string of the molecule is Cc1noc(C)c1S(=O)(=O)Nc1cccc(-c2cnco2)c1. The summed E-state index contributed by atoms with van der Waals surface area (Å²) in [5.74, 6) is 0.801. The molecule has 0 aliphatic heterocycles. The van der Waals surface area contributed by atoms with E-state index in [-0.39, 0.29) is 10.7 Å². The Morgan fingerprint density at radius 3 is 2.68 bits per heavy atom. The van der Waals surface area contributed by atoms with Crippen LogP contribution in [0.4, 0.5) is 5.69 Å². The van der Waals surface area contributed by atoms with Gasteiger partial charge in [-0.1, -0.05) is 17.3 Å². The Bertz CT molecular complexity index is 879. The molecule has 0 saturated carbocycles. The highest BCUT2D eigenvalue weighted by Gasteiger charge is 2.24. The molecule has 0 bridgehead atoms. The number of anilines is 1. The third-order valence-electron chi connectivity index (χ3n) is 3.07. The maximum absolute atomic E-state index is 12.5. The van der Waals surface area contributed by atoms with Crippen molar-refractivity contribution in [2.45, 2.75) is 18.7 Å². The van der Waals surface area contributed by atoms with Gasteiger partial charge in [0.15, 0.2) is 22.8 Å². The first-order chi connectivity index (χ1) is 10.5. The van der Waals surface area contributed by atoms with E-state index in [0.29, 0.717) is 17.1 Å². The molecule has 0 atom stereocenters. The average molecular weight is 319 g/mol. The van der Waals surface area contributed by atoms with Gasteiger partial charge in [0.1, 0.15) is 5.69 Å². The molecule has 114 valence electrons. The van der Waals surface area contributed by atoms with Crippen molar-refractivity contribution in [3.63, 3.8) is 0 Å². The molecule has 0 aliphatic carbocycles. The zero-order chi connectivity index (χ0) is 15.7. The van der Waals surface area contributed by atoms with Crippen LogP contribution >= 0.6 is 0 Å². The maximum Gasteiger partial charge on any atom is 0.267 e. The van der Waals surface area contributed by atoms with Crippen LogP contribution in [0.2, 0.25) is 0 Å². The van der Waals surface area contributed by atoms with Crippen molar-refractivity contribution in [2.75, 3.05) is 4.72 Å². The van der Waals surface area contributed by atoms with Gasteiger partial charge in [-0.3, -0.25) is 4.72 Å². The van der Waals surface area contributed by atoms with Crippen LogP contribution in [0, 0.1) is 13.8 Å². The Morgan fingerprint density at radius 1 is 1.23 bits per heavy atom. The van der Waals surface area contributed by atoms with Crippen molar-refractivity contribution < 1.29 is 17.4 Å². The number of rotatable bonds is 4. The molecule has 0 amide bonds. The van der Waals surface area contributed by atoms with E-state index >= 15 is 0 Å². The summed E-state index contributed by atoms with van der Waals surface area (Å²) >= 11 is 0. The molecule has 1 N–H and O–H groups in total. The number of hydrogen-bond acceptors (Lipinski definition) is 6. The van der Waals surface area contributed by atoms with Crippen LogP contribution in [0.15, 0.2) is 50.7 Å². The fourth-order valence-corrected chi connectivity index (χ4v) is 3.54. The molecule has 3 rings (SSSR count). The molecule has 22 heavy (non-hydrogen) atoms. The molecule has 7 nitrogen and oxygen atoms in total. The van der Waals surface area contributed by atoms with E-state index in [1.807, 2.05) is 0 Å². The molecular formula is C14H13N3O4S. The summed E-state index contributed by atoms with van der Waals surface area (Å²) in [5.41, 5.74) is 1.45. The fraction of sp³-hybridized carbons (Fsp3) is 0.143. The van der Waals surface area contributed by atoms with Gasteiger partial charge in [-0.25, -0.2) is 13.4 Å². The van der Waals surface area contributed by atoms with Crippen molar-refractivity contribution in [3.8, 4) is 11.3 Å². The predicted molar refractivity (Wildman–Crippen MR) is 78.7 cm³/mol. The maximum atomic E-state index is 12.5. The highest BCUT2D eigenvalue weighted by atomic mass is 32.2. The second-order valence-corrected chi connectivity index (χ2v) is 6.32. The van der Waals surface area contributed by atoms with Gasteiger partial charge in [0.2, 0.25) is 0 Å². The predicted octanol–water partition coefficient (Wildman–Crippen LogP) is 2.75. The van der Waals surface area contributed by atoms with Gasteiger partial charge in [0.05, 0.1) is 6.20 Å². The van der Waals surface area contributed by atoms with Crippen LogP contribution in [0.1, 0.15) is 11.5 Å². The number of nitrogens with one attached hydrogen (secondary N) is 1. The van der Waals surface area contributed by atoms with Crippen molar-refractivity contribution in [1.82, 2.24) is 10.1 Å². The lowest BCUT2D eigenvalue weighted by Crippen LogP contribution is -2.14. The zero-order valence-corrected chi connectivity index (χ0v) is 12.7. The highest BCUT2D eigenvalue weighted by molar-refractivity contribution is 7.92. The minimum atomic E-state index is -3.77. The number of nitrogens with zero attached hydrogens (tertiary/aromatic N) is 2. The first-order valence-electron chi connectivity index (χ1n) is 6.42. The van der Waals surface area contributed by atoms with Crippen molar-refractivity contribution in [1.29, 1.82) is 0 Å². The molecule has 0 saturated heterocycles. The molecule has 0 aliphatic rings. The average Bonchev–Trinajstić information content (AvgIpc) is 3.09. The van der Waals surface area contributed by atoms with Crippen molar-refractivity contribution >= 4 is 15.7 Å². The summed E-state index contributed by atoms with van der Waals surface area (Å²) in [7, 11) is -3.77. The van der Waals surface area contributed by atoms with Gasteiger partial charge < -0.3 is 8.94 Å². The van der Waals surface area contributed by atoms with Crippen LogP contribution in [0.5, 0.6) is 0 Å². The molecule has 1 aromatic carbocycles. The summed E-state index contributed by atoms with van der Waals surface area (Å²) in [6.07, 6.45) is 2.87. The van der Waals surface area contributed by atoms with E-state index in [2.05, 4.69) is 14.9 Å². The lowest BCUT2D eigenvalue weighted by atomic mass is 10.2. The monoisotopic (exact) mass is 319 g/mol. The number of aryl methyl sites for hydroxylation is 2. The smallest absolute Gasteiger partial charge is 0.267 e. The zero-order valence-electron chi connectivity index (χ0n) is 11.9. The third-order valence-corrected chi connectivity index (χ3v) is 4.69. The quantitative estimate of drug-likeness (QED) is 0.794. The first kappa shape index (κ1) is 14.3. The molecule has 0 unspecified atom stereocenters. The number of oxazole rings is 1. The van der Waals surface area contributed by atoms with Gasteiger partial charge in [-0.15, -0.1) is 0 Å². The molecule has 0 radical (unpaired) electrons.